The first-order valence-corrected chi connectivity index (χ1v) is 9.72. The first-order valence-electron chi connectivity index (χ1n) is 9.31. The Kier molecular flexibility index (Phi) is 7.50. The zero-order valence-electron chi connectivity index (χ0n) is 15.6. The van der Waals surface area contributed by atoms with Crippen LogP contribution in [0, 0.1) is 11.8 Å². The van der Waals surface area contributed by atoms with Crippen molar-refractivity contribution in [3.63, 3.8) is 0 Å². The standard InChI is InChI=1S/C20H33N3S/c1-15(2)18-6-8-19(9-7-18)22-20(24)21-10-5-11-23-13-16(3)12-17(4)14-23/h6-9,15-17H,5,10-14H2,1-4H3,(H2,21,22,24)/t16-,17-/m1/s1. The first-order chi connectivity index (χ1) is 11.4. The maximum atomic E-state index is 5.39. The van der Waals surface area contributed by atoms with Crippen LogP contribution in [0.4, 0.5) is 5.69 Å². The van der Waals surface area contributed by atoms with Gasteiger partial charge in [-0.15, -0.1) is 0 Å². The summed E-state index contributed by atoms with van der Waals surface area (Å²) in [5, 5.41) is 7.31. The predicted octanol–water partition coefficient (Wildman–Crippen LogP) is 4.46. The summed E-state index contributed by atoms with van der Waals surface area (Å²) in [7, 11) is 0. The Morgan fingerprint density at radius 2 is 1.79 bits per heavy atom. The zero-order chi connectivity index (χ0) is 17.5. The normalized spacial score (nSPS) is 21.7. The highest BCUT2D eigenvalue weighted by Crippen LogP contribution is 2.20. The van der Waals surface area contributed by atoms with Gasteiger partial charge in [-0.2, -0.15) is 0 Å². The fraction of sp³-hybridized carbons (Fsp3) is 0.650. The molecule has 0 spiro atoms. The molecule has 1 saturated heterocycles. The number of rotatable bonds is 6. The van der Waals surface area contributed by atoms with E-state index in [4.69, 9.17) is 12.2 Å². The average molecular weight is 348 g/mol. The highest BCUT2D eigenvalue weighted by atomic mass is 32.1. The van der Waals surface area contributed by atoms with E-state index >= 15 is 0 Å². The molecule has 0 bridgehead atoms. The lowest BCUT2D eigenvalue weighted by molar-refractivity contribution is 0.140. The SMILES string of the molecule is CC(C)c1ccc(NC(=S)NCCCN2C[C@H](C)C[C@@H](C)C2)cc1. The van der Waals surface area contributed by atoms with Gasteiger partial charge in [0.1, 0.15) is 0 Å². The minimum atomic E-state index is 0.560. The van der Waals surface area contributed by atoms with Crippen LogP contribution in [0.15, 0.2) is 24.3 Å². The molecule has 1 aromatic carbocycles. The third kappa shape index (κ3) is 6.40. The Bertz CT molecular complexity index is 502. The Balaban J connectivity index is 1.64. The molecule has 0 amide bonds. The highest BCUT2D eigenvalue weighted by molar-refractivity contribution is 7.80. The second-order valence-electron chi connectivity index (χ2n) is 7.72. The van der Waals surface area contributed by atoms with E-state index in [9.17, 15) is 0 Å². The van der Waals surface area contributed by atoms with Crippen LogP contribution in [0.5, 0.6) is 0 Å². The lowest BCUT2D eigenvalue weighted by Gasteiger charge is -2.35. The summed E-state index contributed by atoms with van der Waals surface area (Å²) in [6.07, 6.45) is 2.51. The van der Waals surface area contributed by atoms with Crippen molar-refractivity contribution in [2.75, 3.05) is 31.5 Å². The molecular formula is C20H33N3S. The van der Waals surface area contributed by atoms with Crippen molar-refractivity contribution in [2.24, 2.45) is 11.8 Å². The van der Waals surface area contributed by atoms with Gasteiger partial charge in [0.15, 0.2) is 5.11 Å². The van der Waals surface area contributed by atoms with Gasteiger partial charge in [0.25, 0.3) is 0 Å². The molecule has 3 nitrogen and oxygen atoms in total. The Morgan fingerprint density at radius 1 is 1.17 bits per heavy atom. The summed E-state index contributed by atoms with van der Waals surface area (Å²) in [4.78, 5) is 2.60. The quantitative estimate of drug-likeness (QED) is 0.587. The van der Waals surface area contributed by atoms with Crippen LogP contribution in [-0.2, 0) is 0 Å². The van der Waals surface area contributed by atoms with Crippen LogP contribution >= 0.6 is 12.2 Å². The van der Waals surface area contributed by atoms with Crippen molar-refractivity contribution in [3.8, 4) is 0 Å². The molecule has 0 aromatic heterocycles. The molecule has 0 radical (unpaired) electrons. The fourth-order valence-corrected chi connectivity index (χ4v) is 3.83. The molecule has 1 aromatic rings. The summed E-state index contributed by atoms with van der Waals surface area (Å²) in [6, 6.07) is 8.52. The Hall–Kier alpha value is -1.13. The second-order valence-corrected chi connectivity index (χ2v) is 8.13. The smallest absolute Gasteiger partial charge is 0.170 e. The molecule has 1 fully saturated rings. The monoisotopic (exact) mass is 347 g/mol. The number of likely N-dealkylation sites (tertiary alicyclic amines) is 1. The molecule has 2 N–H and O–H groups in total. The number of benzene rings is 1. The Labute approximate surface area is 153 Å². The molecule has 4 heteroatoms. The fourth-order valence-electron chi connectivity index (χ4n) is 3.61. The van der Waals surface area contributed by atoms with Crippen molar-refractivity contribution in [2.45, 2.75) is 46.5 Å². The number of anilines is 1. The summed E-state index contributed by atoms with van der Waals surface area (Å²) >= 11 is 5.39. The second kappa shape index (κ2) is 9.38. The van der Waals surface area contributed by atoms with Crippen LogP contribution in [0.3, 0.4) is 0 Å². The number of hydrogen-bond acceptors (Lipinski definition) is 2. The molecule has 24 heavy (non-hydrogen) atoms. The molecule has 2 atom stereocenters. The number of nitrogens with zero attached hydrogens (tertiary/aromatic N) is 1. The topological polar surface area (TPSA) is 27.3 Å². The number of nitrogens with one attached hydrogen (secondary N) is 2. The maximum Gasteiger partial charge on any atom is 0.170 e. The molecule has 1 aliphatic heterocycles. The summed E-state index contributed by atoms with van der Waals surface area (Å²) in [5.41, 5.74) is 2.40. The van der Waals surface area contributed by atoms with Crippen LogP contribution in [0.2, 0.25) is 0 Å². The lowest BCUT2D eigenvalue weighted by Crippen LogP contribution is -2.40. The van der Waals surface area contributed by atoms with Gasteiger partial charge < -0.3 is 15.5 Å². The summed E-state index contributed by atoms with van der Waals surface area (Å²) < 4.78 is 0. The lowest BCUT2D eigenvalue weighted by atomic mass is 9.92. The van der Waals surface area contributed by atoms with Gasteiger partial charge in [0, 0.05) is 25.3 Å². The van der Waals surface area contributed by atoms with Gasteiger partial charge in [-0.1, -0.05) is 39.8 Å². The van der Waals surface area contributed by atoms with E-state index in [0.29, 0.717) is 11.0 Å². The largest absolute Gasteiger partial charge is 0.362 e. The zero-order valence-corrected chi connectivity index (χ0v) is 16.5. The molecule has 1 aliphatic rings. The summed E-state index contributed by atoms with van der Waals surface area (Å²) in [5.74, 6) is 2.22. The van der Waals surface area contributed by atoms with E-state index in [1.54, 1.807) is 0 Å². The average Bonchev–Trinajstić information content (AvgIpc) is 2.51. The third-order valence-electron chi connectivity index (χ3n) is 4.72. The van der Waals surface area contributed by atoms with E-state index in [1.807, 2.05) is 0 Å². The molecule has 0 aliphatic carbocycles. The van der Waals surface area contributed by atoms with Crippen molar-refractivity contribution >= 4 is 23.0 Å². The highest BCUT2D eigenvalue weighted by Gasteiger charge is 2.20. The third-order valence-corrected chi connectivity index (χ3v) is 4.96. The predicted molar refractivity (Wildman–Crippen MR) is 109 cm³/mol. The van der Waals surface area contributed by atoms with Crippen molar-refractivity contribution in [1.29, 1.82) is 0 Å². The summed E-state index contributed by atoms with van der Waals surface area (Å²) in [6.45, 7) is 13.7. The minimum Gasteiger partial charge on any atom is -0.362 e. The van der Waals surface area contributed by atoms with Gasteiger partial charge in [-0.25, -0.2) is 0 Å². The van der Waals surface area contributed by atoms with Gasteiger partial charge in [-0.3, -0.25) is 0 Å². The maximum absolute atomic E-state index is 5.39. The van der Waals surface area contributed by atoms with E-state index in [-0.39, 0.29) is 0 Å². The van der Waals surface area contributed by atoms with Crippen LogP contribution in [0.25, 0.3) is 0 Å². The molecule has 0 saturated carbocycles. The van der Waals surface area contributed by atoms with Crippen molar-refractivity contribution in [1.82, 2.24) is 10.2 Å². The van der Waals surface area contributed by atoms with E-state index in [1.165, 1.54) is 25.1 Å². The molecule has 1 heterocycles. The Morgan fingerprint density at radius 3 is 2.38 bits per heavy atom. The molecule has 2 rings (SSSR count). The van der Waals surface area contributed by atoms with E-state index < -0.39 is 0 Å². The van der Waals surface area contributed by atoms with Gasteiger partial charge in [0.05, 0.1) is 0 Å². The van der Waals surface area contributed by atoms with Gasteiger partial charge >= 0.3 is 0 Å². The van der Waals surface area contributed by atoms with Gasteiger partial charge in [0.2, 0.25) is 0 Å². The van der Waals surface area contributed by atoms with E-state index in [2.05, 4.69) is 67.5 Å². The van der Waals surface area contributed by atoms with Crippen molar-refractivity contribution in [3.05, 3.63) is 29.8 Å². The van der Waals surface area contributed by atoms with Crippen LogP contribution in [0.1, 0.15) is 52.0 Å². The minimum absolute atomic E-state index is 0.560. The van der Waals surface area contributed by atoms with Crippen LogP contribution < -0.4 is 10.6 Å². The first kappa shape index (κ1) is 19.2. The van der Waals surface area contributed by atoms with Crippen LogP contribution in [-0.4, -0.2) is 36.2 Å². The number of thiocarbonyl (C=S) groups is 1. The van der Waals surface area contributed by atoms with Crippen molar-refractivity contribution < 1.29 is 0 Å². The molecular weight excluding hydrogens is 314 g/mol. The van der Waals surface area contributed by atoms with Gasteiger partial charge in [-0.05, 0) is 67.1 Å². The molecule has 134 valence electrons. The molecule has 0 unspecified atom stereocenters. The number of piperidine rings is 1. The number of hydrogen-bond donors (Lipinski definition) is 2. The van der Waals surface area contributed by atoms with E-state index in [0.717, 1.165) is 37.0 Å².